The Morgan fingerprint density at radius 1 is 0.662 bits per heavy atom. The van der Waals surface area contributed by atoms with Gasteiger partial charge in [-0.15, -0.1) is 11.3 Å². The minimum absolute atomic E-state index is 0.180. The number of hydrogen-bond donors (Lipinski definition) is 2. The third-order valence-electron chi connectivity index (χ3n) is 14.5. The van der Waals surface area contributed by atoms with E-state index in [9.17, 15) is 0 Å². The average molecular weight is 898 g/mol. The zero-order chi connectivity index (χ0) is 45.0. The van der Waals surface area contributed by atoms with Gasteiger partial charge in [-0.05, 0) is 108 Å². The van der Waals surface area contributed by atoms with Crippen molar-refractivity contribution in [2.75, 3.05) is 6.54 Å². The number of benzene rings is 5. The molecule has 0 radical (unpaired) electrons. The van der Waals surface area contributed by atoms with E-state index >= 15 is 0 Å². The highest BCUT2D eigenvalue weighted by molar-refractivity contribution is 7.26. The van der Waals surface area contributed by atoms with Crippen LogP contribution < -0.4 is 21.2 Å². The summed E-state index contributed by atoms with van der Waals surface area (Å²) in [7, 11) is 0. The van der Waals surface area contributed by atoms with Crippen molar-refractivity contribution in [3.63, 3.8) is 0 Å². The van der Waals surface area contributed by atoms with Gasteiger partial charge in [0.15, 0.2) is 5.84 Å². The van der Waals surface area contributed by atoms with Crippen molar-refractivity contribution in [3.8, 4) is 5.69 Å². The predicted octanol–water partition coefficient (Wildman–Crippen LogP) is 12.8. The van der Waals surface area contributed by atoms with Crippen LogP contribution in [0.15, 0.2) is 214 Å². The van der Waals surface area contributed by atoms with Crippen LogP contribution in [0.4, 0.5) is 0 Å². The third-order valence-corrected chi connectivity index (χ3v) is 15.6. The number of nitrogens with one attached hydrogen (secondary N) is 2. The van der Waals surface area contributed by atoms with Crippen molar-refractivity contribution in [3.05, 3.63) is 232 Å². The molecule has 5 nitrogen and oxygen atoms in total. The Morgan fingerprint density at radius 2 is 1.46 bits per heavy atom. The summed E-state index contributed by atoms with van der Waals surface area (Å²) in [6, 6.07) is 44.1. The summed E-state index contributed by atoms with van der Waals surface area (Å²) in [6.45, 7) is 0.689. The Bertz CT molecular complexity index is 3640. The van der Waals surface area contributed by atoms with Crippen molar-refractivity contribution in [1.82, 2.24) is 15.2 Å². The van der Waals surface area contributed by atoms with Crippen molar-refractivity contribution in [2.24, 2.45) is 21.8 Å². The Labute approximate surface area is 401 Å². The zero-order valence-electron chi connectivity index (χ0n) is 37.9. The van der Waals surface area contributed by atoms with Gasteiger partial charge in [0.1, 0.15) is 12.0 Å². The second-order valence-electron chi connectivity index (χ2n) is 18.6. The van der Waals surface area contributed by atoms with Crippen LogP contribution >= 0.6 is 11.3 Å². The molecule has 2 aromatic heterocycles. The minimum atomic E-state index is -0.194. The monoisotopic (exact) mass is 897 g/mol. The number of allylic oxidation sites excluding steroid dienone is 10. The van der Waals surface area contributed by atoms with Gasteiger partial charge < -0.3 is 15.2 Å². The number of rotatable bonds is 8. The van der Waals surface area contributed by atoms with E-state index in [0.29, 0.717) is 6.54 Å². The largest absolute Gasteiger partial charge is 0.380 e. The molecular formula is C62H51N5S. The first-order valence-electron chi connectivity index (χ1n) is 24.3. The van der Waals surface area contributed by atoms with E-state index in [1.165, 1.54) is 75.2 Å². The van der Waals surface area contributed by atoms with E-state index in [4.69, 9.17) is 9.98 Å². The number of hydrogen-bond acceptors (Lipinski definition) is 5. The quantitative estimate of drug-likeness (QED) is 0.160. The van der Waals surface area contributed by atoms with Crippen LogP contribution in [0.2, 0.25) is 0 Å². The second kappa shape index (κ2) is 17.3. The summed E-state index contributed by atoms with van der Waals surface area (Å²) in [5, 5.41) is 14.6. The first-order valence-corrected chi connectivity index (χ1v) is 25.1. The molecule has 0 saturated heterocycles. The lowest BCUT2D eigenvalue weighted by Gasteiger charge is -2.33. The van der Waals surface area contributed by atoms with E-state index in [2.05, 4.69) is 209 Å². The first kappa shape index (κ1) is 40.7. The highest BCUT2D eigenvalue weighted by Gasteiger charge is 2.32. The van der Waals surface area contributed by atoms with Crippen LogP contribution in [-0.2, 0) is 0 Å². The number of thiophene rings is 1. The zero-order valence-corrected chi connectivity index (χ0v) is 38.7. The van der Waals surface area contributed by atoms with Gasteiger partial charge in [-0.1, -0.05) is 158 Å². The Kier molecular flexibility index (Phi) is 10.3. The molecule has 0 saturated carbocycles. The van der Waals surface area contributed by atoms with Gasteiger partial charge in [-0.3, -0.25) is 0 Å². The molecule has 4 aliphatic carbocycles. The highest BCUT2D eigenvalue weighted by atomic mass is 32.1. The Balaban J connectivity index is 1.04. The van der Waals surface area contributed by atoms with E-state index < -0.39 is 0 Å². The number of amidine groups is 2. The van der Waals surface area contributed by atoms with Crippen molar-refractivity contribution in [1.29, 1.82) is 0 Å². The van der Waals surface area contributed by atoms with E-state index in [0.717, 1.165) is 72.6 Å². The highest BCUT2D eigenvalue weighted by Crippen LogP contribution is 2.43. The summed E-state index contributed by atoms with van der Waals surface area (Å²) in [6.07, 6.45) is 34.2. The summed E-state index contributed by atoms with van der Waals surface area (Å²) in [5.74, 6) is 2.02. The maximum Gasteiger partial charge on any atom is 0.159 e. The van der Waals surface area contributed by atoms with Crippen LogP contribution in [0.1, 0.15) is 55.2 Å². The van der Waals surface area contributed by atoms with Gasteiger partial charge in [0.25, 0.3) is 0 Å². The fourth-order valence-corrected chi connectivity index (χ4v) is 12.3. The fraction of sp³-hybridized carbons (Fsp3) is 0.161. The van der Waals surface area contributed by atoms with Gasteiger partial charge in [-0.25, -0.2) is 9.98 Å². The van der Waals surface area contributed by atoms with E-state index in [1.807, 2.05) is 11.3 Å². The van der Waals surface area contributed by atoms with Crippen LogP contribution in [0, 0.1) is 11.8 Å². The van der Waals surface area contributed by atoms with Crippen LogP contribution in [0.3, 0.4) is 0 Å². The molecule has 2 N–H and O–H groups in total. The molecule has 7 aromatic rings. The van der Waals surface area contributed by atoms with Crippen molar-refractivity contribution < 1.29 is 0 Å². The van der Waals surface area contributed by atoms with Crippen LogP contribution in [-0.4, -0.2) is 28.9 Å². The molecular weight excluding hydrogens is 847 g/mol. The topological polar surface area (TPSA) is 53.7 Å². The van der Waals surface area contributed by atoms with Crippen LogP contribution in [0.5, 0.6) is 0 Å². The number of aliphatic imine (C=N–C) groups is 2. The van der Waals surface area contributed by atoms with Gasteiger partial charge >= 0.3 is 0 Å². The maximum absolute atomic E-state index is 5.48. The molecule has 0 fully saturated rings. The second-order valence-corrected chi connectivity index (χ2v) is 19.7. The number of dihydropyridines is 1. The number of nitrogens with zero attached hydrogens (tertiary/aromatic N) is 3. The number of aromatic nitrogens is 1. The standard InChI is InChI=1S/C62H51N5S/c1-6-18-40(19-7-1)44-30-32-48(41-20-8-2-9-21-41)51(36-44)46-38-53(62-65-60(42-22-10-3-11-23-42)64-61(66-62)43-24-12-4-13-25-43)58(63-39-46)45-31-34-55-52(37-45)57-56(68-55)35-33-50-49-28-16-17-29-54(49)67(59(50)57)47-26-14-5-15-27-47/h1,3-8,10-15,18-24,26-31,33-38,43,48,61,63H,2,9,16-17,25,32,39H2,(H,64,65,66). The lowest BCUT2D eigenvalue weighted by Crippen LogP contribution is -2.44. The third kappa shape index (κ3) is 7.22. The van der Waals surface area contributed by atoms with E-state index in [1.54, 1.807) is 0 Å². The molecule has 330 valence electrons. The van der Waals surface area contributed by atoms with Crippen molar-refractivity contribution >= 4 is 77.5 Å². The fourth-order valence-electron chi connectivity index (χ4n) is 11.2. The Hall–Kier alpha value is -7.54. The van der Waals surface area contributed by atoms with Gasteiger partial charge in [-0.2, -0.15) is 0 Å². The molecule has 3 atom stereocenters. The lowest BCUT2D eigenvalue weighted by molar-refractivity contribution is 0.475. The SMILES string of the molecule is C1=CCC(C2N=C(c3ccccc3)N=C(C3=C(c4ccc5sc6ccc7c8c(n(-c9ccccc9)c7c6c5c4)=CCCC=8)NCC(C4=CC(c5ccccc5)=CCC4C4=CCCC=C4)=C3)N2)C=C1. The number of fused-ring (bicyclic) bond motifs is 7. The van der Waals surface area contributed by atoms with Gasteiger partial charge in [0.2, 0.25) is 0 Å². The molecule has 5 aromatic carbocycles. The Morgan fingerprint density at radius 3 is 2.26 bits per heavy atom. The molecule has 13 rings (SSSR count). The van der Waals surface area contributed by atoms with Gasteiger partial charge in [0, 0.05) is 71.3 Å². The first-order chi connectivity index (χ1) is 33.7. The average Bonchev–Trinajstić information content (AvgIpc) is 3.97. The molecule has 0 bridgehead atoms. The van der Waals surface area contributed by atoms with Gasteiger partial charge in [0.05, 0.1) is 11.2 Å². The predicted molar refractivity (Wildman–Crippen MR) is 287 cm³/mol. The molecule has 6 heteroatoms. The molecule has 0 spiro atoms. The van der Waals surface area contributed by atoms with Crippen molar-refractivity contribution in [2.45, 2.75) is 44.7 Å². The number of para-hydroxylation sites is 1. The summed E-state index contributed by atoms with van der Waals surface area (Å²) in [4.78, 5) is 10.8. The molecule has 6 aliphatic rings. The molecule has 3 unspecified atom stereocenters. The smallest absolute Gasteiger partial charge is 0.159 e. The molecule has 0 amide bonds. The molecule has 2 aliphatic heterocycles. The normalized spacial score (nSPS) is 21.1. The summed E-state index contributed by atoms with van der Waals surface area (Å²) >= 11 is 1.89. The summed E-state index contributed by atoms with van der Waals surface area (Å²) < 4.78 is 5.10. The van der Waals surface area contributed by atoms with E-state index in [-0.39, 0.29) is 18.0 Å². The molecule has 4 heterocycles. The minimum Gasteiger partial charge on any atom is -0.380 e. The molecule has 68 heavy (non-hydrogen) atoms. The maximum atomic E-state index is 5.48. The summed E-state index contributed by atoms with van der Waals surface area (Å²) in [5.41, 5.74) is 13.3. The van der Waals surface area contributed by atoms with Crippen LogP contribution in [0.25, 0.3) is 60.2 Å². The lowest BCUT2D eigenvalue weighted by atomic mass is 9.76.